The number of nitrogens with one attached hydrogen (secondary N) is 1. The maximum atomic E-state index is 13.2. The number of hydrogen-bond donors (Lipinski definition) is 1. The maximum Gasteiger partial charge on any atom is 0.271 e. The smallest absolute Gasteiger partial charge is 0.271 e. The zero-order chi connectivity index (χ0) is 22.0. The molecule has 1 fully saturated rings. The van der Waals surface area contributed by atoms with Gasteiger partial charge in [0, 0.05) is 30.9 Å². The molecule has 1 atom stereocenters. The van der Waals surface area contributed by atoms with Gasteiger partial charge in [-0.1, -0.05) is 36.4 Å². The van der Waals surface area contributed by atoms with E-state index in [0.29, 0.717) is 25.1 Å². The van der Waals surface area contributed by atoms with Crippen LogP contribution in [0.4, 0.5) is 11.4 Å². The van der Waals surface area contributed by atoms with Crippen molar-refractivity contribution in [2.45, 2.75) is 17.7 Å². The van der Waals surface area contributed by atoms with Crippen molar-refractivity contribution in [1.82, 2.24) is 4.31 Å². The lowest BCUT2D eigenvalue weighted by atomic mass is 9.98. The first-order chi connectivity index (χ1) is 14.8. The molecule has 0 radical (unpaired) electrons. The van der Waals surface area contributed by atoms with Crippen molar-refractivity contribution in [1.29, 1.82) is 0 Å². The van der Waals surface area contributed by atoms with Gasteiger partial charge >= 0.3 is 0 Å². The van der Waals surface area contributed by atoms with Gasteiger partial charge in [0.15, 0.2) is 0 Å². The quantitative estimate of drug-likeness (QED) is 0.480. The van der Waals surface area contributed by atoms with E-state index < -0.39 is 20.9 Å². The SMILES string of the molecule is O=C(Nc1cccc([N+](=O)[O-])c1)[C@@H]1CCCN(S(=O)(=O)c2ccc3ccccc3c2)C1. The highest BCUT2D eigenvalue weighted by atomic mass is 32.2. The molecule has 1 heterocycles. The van der Waals surface area contributed by atoms with Crippen molar-refractivity contribution in [3.8, 4) is 0 Å². The molecule has 1 amide bonds. The summed E-state index contributed by atoms with van der Waals surface area (Å²) in [5, 5.41) is 15.4. The van der Waals surface area contributed by atoms with E-state index in [9.17, 15) is 23.3 Å². The Kier molecular flexibility index (Phi) is 5.71. The summed E-state index contributed by atoms with van der Waals surface area (Å²) in [6.07, 6.45) is 1.10. The number of piperidine rings is 1. The first-order valence-electron chi connectivity index (χ1n) is 9.89. The fourth-order valence-corrected chi connectivity index (χ4v) is 5.35. The minimum absolute atomic E-state index is 0.0654. The summed E-state index contributed by atoms with van der Waals surface area (Å²) in [7, 11) is -3.75. The van der Waals surface area contributed by atoms with Gasteiger partial charge in [0.2, 0.25) is 15.9 Å². The molecule has 160 valence electrons. The summed E-state index contributed by atoms with van der Waals surface area (Å²) in [5.41, 5.74) is 0.190. The van der Waals surface area contributed by atoms with Crippen molar-refractivity contribution in [2.75, 3.05) is 18.4 Å². The van der Waals surface area contributed by atoms with Gasteiger partial charge in [-0.15, -0.1) is 0 Å². The highest BCUT2D eigenvalue weighted by Crippen LogP contribution is 2.27. The molecule has 0 saturated carbocycles. The molecule has 0 bridgehead atoms. The van der Waals surface area contributed by atoms with E-state index >= 15 is 0 Å². The van der Waals surface area contributed by atoms with Crippen LogP contribution >= 0.6 is 0 Å². The van der Waals surface area contributed by atoms with Crippen LogP contribution < -0.4 is 5.32 Å². The van der Waals surface area contributed by atoms with Crippen molar-refractivity contribution in [3.63, 3.8) is 0 Å². The fraction of sp³-hybridized carbons (Fsp3) is 0.227. The monoisotopic (exact) mass is 439 g/mol. The van der Waals surface area contributed by atoms with E-state index in [1.165, 1.54) is 22.5 Å². The molecule has 4 rings (SSSR count). The molecular weight excluding hydrogens is 418 g/mol. The number of rotatable bonds is 5. The lowest BCUT2D eigenvalue weighted by molar-refractivity contribution is -0.384. The molecule has 0 aliphatic carbocycles. The normalized spacial score (nSPS) is 17.4. The number of anilines is 1. The van der Waals surface area contributed by atoms with Crippen LogP contribution in [0.1, 0.15) is 12.8 Å². The molecule has 0 spiro atoms. The minimum atomic E-state index is -3.75. The highest BCUT2D eigenvalue weighted by Gasteiger charge is 2.33. The topological polar surface area (TPSA) is 110 Å². The Morgan fingerprint density at radius 3 is 2.58 bits per heavy atom. The van der Waals surface area contributed by atoms with E-state index in [1.54, 1.807) is 24.3 Å². The van der Waals surface area contributed by atoms with E-state index in [2.05, 4.69) is 5.32 Å². The van der Waals surface area contributed by atoms with Crippen LogP contribution in [-0.4, -0.2) is 36.6 Å². The summed E-state index contributed by atoms with van der Waals surface area (Å²) in [5.74, 6) is -0.887. The van der Waals surface area contributed by atoms with Crippen LogP contribution in [0.2, 0.25) is 0 Å². The van der Waals surface area contributed by atoms with Gasteiger partial charge in [-0.25, -0.2) is 8.42 Å². The summed E-state index contributed by atoms with van der Waals surface area (Å²) < 4.78 is 27.7. The molecule has 0 aromatic heterocycles. The Balaban J connectivity index is 1.51. The third-order valence-electron chi connectivity index (χ3n) is 5.44. The predicted octanol–water partition coefficient (Wildman–Crippen LogP) is 3.79. The molecule has 1 saturated heterocycles. The maximum absolute atomic E-state index is 13.2. The number of amides is 1. The number of fused-ring (bicyclic) bond motifs is 1. The molecule has 0 unspecified atom stereocenters. The average molecular weight is 439 g/mol. The first kappa shape index (κ1) is 21.0. The van der Waals surface area contributed by atoms with Crippen LogP contribution in [0.25, 0.3) is 10.8 Å². The Bertz CT molecular complexity index is 1260. The molecule has 3 aromatic rings. The van der Waals surface area contributed by atoms with E-state index in [4.69, 9.17) is 0 Å². The number of sulfonamides is 1. The predicted molar refractivity (Wildman–Crippen MR) is 117 cm³/mol. The first-order valence-corrected chi connectivity index (χ1v) is 11.3. The van der Waals surface area contributed by atoms with Gasteiger partial charge in [-0.3, -0.25) is 14.9 Å². The summed E-state index contributed by atoms with van der Waals surface area (Å²) in [6.45, 7) is 0.408. The van der Waals surface area contributed by atoms with Gasteiger partial charge < -0.3 is 5.32 Å². The van der Waals surface area contributed by atoms with Crippen LogP contribution in [0.3, 0.4) is 0 Å². The molecule has 31 heavy (non-hydrogen) atoms. The molecule has 3 aromatic carbocycles. The second kappa shape index (κ2) is 8.44. The van der Waals surface area contributed by atoms with Crippen molar-refractivity contribution in [3.05, 3.63) is 76.8 Å². The van der Waals surface area contributed by atoms with Gasteiger partial charge in [0.05, 0.1) is 15.7 Å². The van der Waals surface area contributed by atoms with Gasteiger partial charge in [0.1, 0.15) is 0 Å². The number of carbonyl (C=O) groups is 1. The van der Waals surface area contributed by atoms with Crippen LogP contribution in [-0.2, 0) is 14.8 Å². The number of benzene rings is 3. The van der Waals surface area contributed by atoms with Crippen LogP contribution in [0, 0.1) is 16.0 Å². The number of hydrogen-bond acceptors (Lipinski definition) is 5. The largest absolute Gasteiger partial charge is 0.326 e. The average Bonchev–Trinajstić information content (AvgIpc) is 2.79. The lowest BCUT2D eigenvalue weighted by Crippen LogP contribution is -2.43. The second-order valence-corrected chi connectivity index (χ2v) is 9.45. The van der Waals surface area contributed by atoms with Crippen molar-refractivity contribution >= 4 is 38.1 Å². The lowest BCUT2D eigenvalue weighted by Gasteiger charge is -2.31. The highest BCUT2D eigenvalue weighted by molar-refractivity contribution is 7.89. The minimum Gasteiger partial charge on any atom is -0.326 e. The Hall–Kier alpha value is -3.30. The molecular formula is C22H21N3O5S. The van der Waals surface area contributed by atoms with Crippen molar-refractivity contribution in [2.24, 2.45) is 5.92 Å². The molecule has 8 nitrogen and oxygen atoms in total. The Labute approximate surface area is 179 Å². The van der Waals surface area contributed by atoms with Crippen molar-refractivity contribution < 1.29 is 18.1 Å². The Morgan fingerprint density at radius 1 is 1.03 bits per heavy atom. The number of non-ortho nitro benzene ring substituents is 1. The summed E-state index contributed by atoms with van der Waals surface area (Å²) in [4.78, 5) is 23.3. The number of nitro benzene ring substituents is 1. The fourth-order valence-electron chi connectivity index (χ4n) is 3.79. The van der Waals surface area contributed by atoms with E-state index in [1.807, 2.05) is 24.3 Å². The van der Waals surface area contributed by atoms with Crippen LogP contribution in [0.5, 0.6) is 0 Å². The zero-order valence-electron chi connectivity index (χ0n) is 16.6. The van der Waals surface area contributed by atoms with Crippen LogP contribution in [0.15, 0.2) is 71.6 Å². The number of carbonyl (C=O) groups excluding carboxylic acids is 1. The van der Waals surface area contributed by atoms with E-state index in [-0.39, 0.29) is 23.0 Å². The van der Waals surface area contributed by atoms with E-state index in [0.717, 1.165) is 10.8 Å². The molecule has 9 heteroatoms. The number of nitrogens with zero attached hydrogens (tertiary/aromatic N) is 2. The summed E-state index contributed by atoms with van der Waals surface area (Å²) >= 11 is 0. The standard InChI is InChI=1S/C22H21N3O5S/c26-22(23-19-8-3-9-20(14-19)25(27)28)18-7-4-12-24(15-18)31(29,30)21-11-10-16-5-1-2-6-17(16)13-21/h1-3,5-6,8-11,13-14,18H,4,7,12,15H2,(H,23,26)/t18-/m1/s1. The number of nitro groups is 1. The second-order valence-electron chi connectivity index (χ2n) is 7.51. The molecule has 1 N–H and O–H groups in total. The van der Waals surface area contributed by atoms with Gasteiger partial charge in [0.25, 0.3) is 5.69 Å². The van der Waals surface area contributed by atoms with Gasteiger partial charge in [-0.05, 0) is 41.8 Å². The summed E-state index contributed by atoms with van der Waals surface area (Å²) in [6, 6.07) is 18.2. The Morgan fingerprint density at radius 2 is 1.81 bits per heavy atom. The van der Waals surface area contributed by atoms with Gasteiger partial charge in [-0.2, -0.15) is 4.31 Å². The molecule has 1 aliphatic heterocycles. The zero-order valence-corrected chi connectivity index (χ0v) is 17.4. The molecule has 1 aliphatic rings. The third kappa shape index (κ3) is 4.42. The third-order valence-corrected chi connectivity index (χ3v) is 7.30.